The Morgan fingerprint density at radius 2 is 1.91 bits per heavy atom. The lowest BCUT2D eigenvalue weighted by molar-refractivity contribution is -0.160. The van der Waals surface area contributed by atoms with Crippen LogP contribution in [-0.2, 0) is 35.3 Å². The molecule has 2 aliphatic rings. The van der Waals surface area contributed by atoms with Gasteiger partial charge in [0, 0.05) is 37.1 Å². The van der Waals surface area contributed by atoms with Crippen LogP contribution in [0.4, 0.5) is 18.9 Å². The first-order valence-corrected chi connectivity index (χ1v) is 10.9. The molecule has 2 aliphatic heterocycles. The first-order valence-electron chi connectivity index (χ1n) is 10.9. The number of hydrogen-bond acceptors (Lipinski definition) is 5. The molecule has 178 valence electrons. The second-order valence-electron chi connectivity index (χ2n) is 9.39. The fourth-order valence-corrected chi connectivity index (χ4v) is 4.27. The summed E-state index contributed by atoms with van der Waals surface area (Å²) in [5, 5.41) is 0. The van der Waals surface area contributed by atoms with Crippen molar-refractivity contribution < 1.29 is 27.5 Å². The molecule has 1 atom stereocenters. The number of fused-ring (bicyclic) bond motifs is 2. The highest BCUT2D eigenvalue weighted by Crippen LogP contribution is 2.33. The molecule has 1 amide bonds. The van der Waals surface area contributed by atoms with Crippen LogP contribution in [-0.4, -0.2) is 44.5 Å². The van der Waals surface area contributed by atoms with E-state index in [1.165, 1.54) is 9.47 Å². The Morgan fingerprint density at radius 1 is 1.18 bits per heavy atom. The van der Waals surface area contributed by atoms with E-state index >= 15 is 0 Å². The average Bonchev–Trinajstić information content (AvgIpc) is 3.28. The van der Waals surface area contributed by atoms with Crippen molar-refractivity contribution in [2.75, 3.05) is 11.4 Å². The summed E-state index contributed by atoms with van der Waals surface area (Å²) in [4.78, 5) is 32.9. The van der Waals surface area contributed by atoms with Gasteiger partial charge in [-0.25, -0.2) is 9.78 Å². The first kappa shape index (κ1) is 23.1. The maximum absolute atomic E-state index is 13.0. The maximum atomic E-state index is 13.0. The number of benzene rings is 1. The summed E-state index contributed by atoms with van der Waals surface area (Å²) in [5.74, 6) is -0.310. The van der Waals surface area contributed by atoms with Gasteiger partial charge in [0.05, 0.1) is 6.54 Å². The van der Waals surface area contributed by atoms with Gasteiger partial charge in [-0.15, -0.1) is 0 Å². The van der Waals surface area contributed by atoms with Crippen molar-refractivity contribution in [3.63, 3.8) is 0 Å². The average molecular weight is 464 g/mol. The lowest BCUT2D eigenvalue weighted by Crippen LogP contribution is -2.44. The summed E-state index contributed by atoms with van der Waals surface area (Å²) in [6.07, 6.45) is -3.00. The number of ether oxygens (including phenoxy) is 1. The number of rotatable bonds is 4. The normalized spacial score (nSPS) is 17.1. The zero-order valence-corrected chi connectivity index (χ0v) is 19.1. The number of carbonyl (C=O) groups is 2. The SMILES string of the molecule is CC[C@@H](C(=O)OC(C)(C)C)N1Cc2cc(N3CCn4cc(C(F)(F)F)nc4C3)ccc2C1=O. The topological polar surface area (TPSA) is 67.7 Å². The van der Waals surface area contributed by atoms with Gasteiger partial charge in [0.25, 0.3) is 5.91 Å². The van der Waals surface area contributed by atoms with Crippen molar-refractivity contribution in [3.05, 3.63) is 47.0 Å². The Kier molecular flexibility index (Phi) is 5.66. The molecule has 4 rings (SSSR count). The monoisotopic (exact) mass is 464 g/mol. The van der Waals surface area contributed by atoms with Crippen LogP contribution in [0.3, 0.4) is 0 Å². The summed E-state index contributed by atoms with van der Waals surface area (Å²) in [7, 11) is 0. The van der Waals surface area contributed by atoms with Crippen LogP contribution < -0.4 is 4.90 Å². The van der Waals surface area contributed by atoms with E-state index in [2.05, 4.69) is 4.98 Å². The predicted octanol–water partition coefficient (Wildman–Crippen LogP) is 4.00. The Morgan fingerprint density at radius 3 is 2.55 bits per heavy atom. The molecule has 0 spiro atoms. The number of alkyl halides is 3. The largest absolute Gasteiger partial charge is 0.458 e. The molecular formula is C23H27F3N4O3. The molecule has 3 heterocycles. The Hall–Kier alpha value is -3.04. The highest BCUT2D eigenvalue weighted by atomic mass is 19.4. The third kappa shape index (κ3) is 4.56. The van der Waals surface area contributed by atoms with E-state index in [0.29, 0.717) is 30.9 Å². The highest BCUT2D eigenvalue weighted by Gasteiger charge is 2.38. The quantitative estimate of drug-likeness (QED) is 0.640. The summed E-state index contributed by atoms with van der Waals surface area (Å²) in [6, 6.07) is 4.70. The molecule has 0 bridgehead atoms. The lowest BCUT2D eigenvalue weighted by atomic mass is 10.1. The molecule has 33 heavy (non-hydrogen) atoms. The first-order chi connectivity index (χ1) is 15.4. The van der Waals surface area contributed by atoms with Crippen molar-refractivity contribution in [2.45, 2.75) is 71.6 Å². The molecule has 0 unspecified atom stereocenters. The second kappa shape index (κ2) is 8.07. The number of anilines is 1. The standard InChI is InChI=1S/C23H27F3N4O3/c1-5-17(21(32)33-22(2,3)4)30-11-14-10-15(6-7-16(14)20(30)31)28-8-9-29-12-18(23(24,25)26)27-19(29)13-28/h6-7,10,12,17H,5,8-9,11,13H2,1-4H3/t17-/m0/s1. The number of hydrogen-bond donors (Lipinski definition) is 0. The van der Waals surface area contributed by atoms with E-state index in [-0.39, 0.29) is 19.0 Å². The van der Waals surface area contributed by atoms with Crippen LogP contribution in [0.1, 0.15) is 61.6 Å². The maximum Gasteiger partial charge on any atom is 0.434 e. The summed E-state index contributed by atoms with van der Waals surface area (Å²) in [6.45, 7) is 8.61. The third-order valence-corrected chi connectivity index (χ3v) is 5.82. The lowest BCUT2D eigenvalue weighted by Gasteiger charge is -2.30. The smallest absolute Gasteiger partial charge is 0.434 e. The van der Waals surface area contributed by atoms with Crippen molar-refractivity contribution in [3.8, 4) is 0 Å². The molecule has 0 N–H and O–H groups in total. The number of halogens is 3. The van der Waals surface area contributed by atoms with E-state index in [9.17, 15) is 22.8 Å². The minimum absolute atomic E-state index is 0.224. The van der Waals surface area contributed by atoms with Crippen LogP contribution in [0.2, 0.25) is 0 Å². The number of esters is 1. The number of carbonyl (C=O) groups excluding carboxylic acids is 2. The molecule has 0 fully saturated rings. The molecule has 0 aliphatic carbocycles. The fourth-order valence-electron chi connectivity index (χ4n) is 4.27. The van der Waals surface area contributed by atoms with E-state index in [1.54, 1.807) is 32.9 Å². The molecule has 7 nitrogen and oxygen atoms in total. The molecule has 0 saturated heterocycles. The zero-order valence-electron chi connectivity index (χ0n) is 19.1. The summed E-state index contributed by atoms with van der Waals surface area (Å²) < 4.78 is 46.0. The third-order valence-electron chi connectivity index (χ3n) is 5.82. The van der Waals surface area contributed by atoms with Gasteiger partial charge >= 0.3 is 12.1 Å². The summed E-state index contributed by atoms with van der Waals surface area (Å²) >= 11 is 0. The Balaban J connectivity index is 1.52. The van der Waals surface area contributed by atoms with Crippen molar-refractivity contribution in [1.29, 1.82) is 0 Å². The zero-order chi connectivity index (χ0) is 24.1. The van der Waals surface area contributed by atoms with Gasteiger partial charge in [-0.3, -0.25) is 4.79 Å². The molecule has 1 aromatic heterocycles. The van der Waals surface area contributed by atoms with Crippen LogP contribution in [0.15, 0.2) is 24.4 Å². The van der Waals surface area contributed by atoms with Crippen LogP contribution in [0, 0.1) is 0 Å². The number of imidazole rings is 1. The van der Waals surface area contributed by atoms with Crippen molar-refractivity contribution in [1.82, 2.24) is 14.5 Å². The van der Waals surface area contributed by atoms with Gasteiger partial charge in [-0.2, -0.15) is 13.2 Å². The van der Waals surface area contributed by atoms with E-state index < -0.39 is 29.5 Å². The van der Waals surface area contributed by atoms with Gasteiger partial charge in [0.2, 0.25) is 0 Å². The molecule has 0 saturated carbocycles. The van der Waals surface area contributed by atoms with Gasteiger partial charge in [-0.05, 0) is 51.0 Å². The van der Waals surface area contributed by atoms with Gasteiger partial charge in [0.1, 0.15) is 17.5 Å². The fraction of sp³-hybridized carbons (Fsp3) is 0.522. The van der Waals surface area contributed by atoms with Crippen molar-refractivity contribution >= 4 is 17.6 Å². The minimum atomic E-state index is -4.48. The summed E-state index contributed by atoms with van der Waals surface area (Å²) in [5.41, 5.74) is 0.570. The van der Waals surface area contributed by atoms with Gasteiger partial charge in [0.15, 0.2) is 5.69 Å². The molecule has 2 aromatic rings. The minimum Gasteiger partial charge on any atom is -0.458 e. The van der Waals surface area contributed by atoms with E-state index in [0.717, 1.165) is 17.4 Å². The predicted molar refractivity (Wildman–Crippen MR) is 115 cm³/mol. The highest BCUT2D eigenvalue weighted by molar-refractivity contribution is 6.01. The van der Waals surface area contributed by atoms with Gasteiger partial charge < -0.3 is 19.1 Å². The molecule has 0 radical (unpaired) electrons. The molecular weight excluding hydrogens is 437 g/mol. The molecule has 10 heteroatoms. The van der Waals surface area contributed by atoms with E-state index in [1.807, 2.05) is 17.9 Å². The number of nitrogens with zero attached hydrogens (tertiary/aromatic N) is 4. The number of aromatic nitrogens is 2. The van der Waals surface area contributed by atoms with Crippen LogP contribution in [0.5, 0.6) is 0 Å². The molecule has 1 aromatic carbocycles. The Bertz CT molecular complexity index is 1090. The van der Waals surface area contributed by atoms with Crippen LogP contribution >= 0.6 is 0 Å². The van der Waals surface area contributed by atoms with Gasteiger partial charge in [-0.1, -0.05) is 6.92 Å². The second-order valence-corrected chi connectivity index (χ2v) is 9.39. The van der Waals surface area contributed by atoms with Crippen LogP contribution in [0.25, 0.3) is 0 Å². The Labute approximate surface area is 190 Å². The van der Waals surface area contributed by atoms with Crippen molar-refractivity contribution in [2.24, 2.45) is 0 Å². The number of amides is 1. The van der Waals surface area contributed by atoms with E-state index in [4.69, 9.17) is 4.74 Å².